The molecule has 1 atom stereocenters. The van der Waals surface area contributed by atoms with Gasteiger partial charge in [-0.3, -0.25) is 4.98 Å². The summed E-state index contributed by atoms with van der Waals surface area (Å²) in [7, 11) is 0. The lowest BCUT2D eigenvalue weighted by molar-refractivity contribution is 0.395. The molecule has 0 spiro atoms. The molecule has 0 saturated heterocycles. The van der Waals surface area contributed by atoms with E-state index in [1.54, 1.807) is 12.4 Å². The largest absolute Gasteiger partial charge is 0.343 e. The van der Waals surface area contributed by atoms with E-state index in [1.807, 2.05) is 30.6 Å². The SMILES string of the molecule is CC1=C2C=C(c3ccncc3)C=CN2C[C@@H]2N1c1nccnc1N2c1ccccc1. The molecule has 3 aliphatic heterocycles. The zero-order valence-electron chi connectivity index (χ0n) is 16.6. The number of para-hydroxylation sites is 1. The third-order valence-corrected chi connectivity index (χ3v) is 5.89. The fourth-order valence-corrected chi connectivity index (χ4v) is 4.51. The van der Waals surface area contributed by atoms with Gasteiger partial charge >= 0.3 is 0 Å². The fourth-order valence-electron chi connectivity index (χ4n) is 4.51. The molecule has 0 amide bonds. The molecule has 0 fully saturated rings. The Bertz CT molecular complexity index is 1200. The standard InChI is InChI=1S/C24H20N6/c1-17-21-15-19(18-7-10-25-11-8-18)9-14-28(21)16-22-29(17)23-24(27-13-12-26-23)30(22)20-5-3-2-4-6-20/h2-15,22H,16H2,1H3/t22-/m1/s1. The minimum absolute atomic E-state index is 0.0917. The smallest absolute Gasteiger partial charge is 0.178 e. The summed E-state index contributed by atoms with van der Waals surface area (Å²) < 4.78 is 0. The molecule has 6 rings (SSSR count). The molecule has 2 aromatic heterocycles. The Balaban J connectivity index is 1.49. The number of aromatic nitrogens is 3. The Kier molecular flexibility index (Phi) is 3.71. The van der Waals surface area contributed by atoms with Crippen LogP contribution in [0.1, 0.15) is 12.5 Å². The summed E-state index contributed by atoms with van der Waals surface area (Å²) in [4.78, 5) is 20.5. The van der Waals surface area contributed by atoms with Crippen molar-refractivity contribution in [1.29, 1.82) is 0 Å². The highest BCUT2D eigenvalue weighted by atomic mass is 15.5. The minimum Gasteiger partial charge on any atom is -0.343 e. The van der Waals surface area contributed by atoms with E-state index >= 15 is 0 Å². The molecule has 6 heteroatoms. The molecule has 1 aromatic carbocycles. The maximum Gasteiger partial charge on any atom is 0.178 e. The second-order valence-electron chi connectivity index (χ2n) is 7.53. The first kappa shape index (κ1) is 17.0. The van der Waals surface area contributed by atoms with Crippen LogP contribution in [-0.2, 0) is 0 Å². The van der Waals surface area contributed by atoms with Crippen molar-refractivity contribution < 1.29 is 0 Å². The van der Waals surface area contributed by atoms with Crippen molar-refractivity contribution in [3.8, 4) is 0 Å². The Labute approximate surface area is 175 Å². The predicted octanol–water partition coefficient (Wildman–Crippen LogP) is 4.31. The van der Waals surface area contributed by atoms with E-state index in [2.05, 4.69) is 69.2 Å². The summed E-state index contributed by atoms with van der Waals surface area (Å²) in [5.41, 5.74) is 5.82. The average molecular weight is 392 g/mol. The predicted molar refractivity (Wildman–Crippen MR) is 118 cm³/mol. The third-order valence-electron chi connectivity index (χ3n) is 5.89. The summed E-state index contributed by atoms with van der Waals surface area (Å²) in [5.74, 6) is 1.81. The molecule has 3 aromatic rings. The van der Waals surface area contributed by atoms with Crippen LogP contribution in [-0.4, -0.2) is 32.6 Å². The van der Waals surface area contributed by atoms with Gasteiger partial charge in [0.05, 0.1) is 12.2 Å². The molecule has 0 bridgehead atoms. The van der Waals surface area contributed by atoms with Crippen molar-refractivity contribution >= 4 is 22.9 Å². The van der Waals surface area contributed by atoms with Gasteiger partial charge in [-0.2, -0.15) is 0 Å². The third kappa shape index (κ3) is 2.47. The molecule has 146 valence electrons. The number of hydrogen-bond donors (Lipinski definition) is 0. The molecule has 3 aliphatic rings. The maximum absolute atomic E-state index is 4.71. The van der Waals surface area contributed by atoms with E-state index in [0.29, 0.717) is 0 Å². The molecule has 0 saturated carbocycles. The van der Waals surface area contributed by atoms with E-state index in [0.717, 1.165) is 29.4 Å². The highest BCUT2D eigenvalue weighted by Gasteiger charge is 2.44. The molecule has 0 aliphatic carbocycles. The van der Waals surface area contributed by atoms with E-state index in [1.165, 1.54) is 17.0 Å². The Morgan fingerprint density at radius 1 is 0.867 bits per heavy atom. The summed E-state index contributed by atoms with van der Waals surface area (Å²) in [6.07, 6.45) is 13.9. The molecule has 0 unspecified atom stereocenters. The summed E-state index contributed by atoms with van der Waals surface area (Å²) in [6, 6.07) is 14.5. The average Bonchev–Trinajstić information content (AvgIpc) is 3.14. The zero-order valence-corrected chi connectivity index (χ0v) is 16.6. The van der Waals surface area contributed by atoms with Gasteiger partial charge in [-0.1, -0.05) is 18.2 Å². The van der Waals surface area contributed by atoms with Gasteiger partial charge in [0.2, 0.25) is 0 Å². The van der Waals surface area contributed by atoms with E-state index in [4.69, 9.17) is 9.97 Å². The number of rotatable bonds is 2. The van der Waals surface area contributed by atoms with Crippen molar-refractivity contribution in [2.24, 2.45) is 0 Å². The first-order chi connectivity index (χ1) is 14.8. The lowest BCUT2D eigenvalue weighted by Gasteiger charge is -2.43. The van der Waals surface area contributed by atoms with Crippen molar-refractivity contribution in [3.63, 3.8) is 0 Å². The number of pyridine rings is 1. The lowest BCUT2D eigenvalue weighted by Crippen LogP contribution is -2.51. The van der Waals surface area contributed by atoms with Crippen molar-refractivity contribution in [3.05, 3.63) is 103 Å². The van der Waals surface area contributed by atoms with Crippen LogP contribution in [0.4, 0.5) is 17.3 Å². The Morgan fingerprint density at radius 2 is 1.60 bits per heavy atom. The van der Waals surface area contributed by atoms with Gasteiger partial charge in [0.15, 0.2) is 11.6 Å². The van der Waals surface area contributed by atoms with Gasteiger partial charge < -0.3 is 14.7 Å². The summed E-state index contributed by atoms with van der Waals surface area (Å²) >= 11 is 0. The van der Waals surface area contributed by atoms with Gasteiger partial charge in [-0.15, -0.1) is 0 Å². The van der Waals surface area contributed by atoms with Gasteiger partial charge in [0.1, 0.15) is 6.17 Å². The van der Waals surface area contributed by atoms with Crippen LogP contribution in [0.15, 0.2) is 97.0 Å². The second-order valence-corrected chi connectivity index (χ2v) is 7.53. The van der Waals surface area contributed by atoms with Crippen LogP contribution >= 0.6 is 0 Å². The number of hydrogen-bond acceptors (Lipinski definition) is 6. The van der Waals surface area contributed by atoms with E-state index in [-0.39, 0.29) is 6.17 Å². The maximum atomic E-state index is 4.71. The topological polar surface area (TPSA) is 48.4 Å². The number of allylic oxidation sites excluding steroid dienone is 4. The van der Waals surface area contributed by atoms with Crippen LogP contribution in [0.5, 0.6) is 0 Å². The van der Waals surface area contributed by atoms with E-state index in [9.17, 15) is 0 Å². The first-order valence-electron chi connectivity index (χ1n) is 10.0. The molecular formula is C24H20N6. The Morgan fingerprint density at radius 3 is 2.37 bits per heavy atom. The molecular weight excluding hydrogens is 372 g/mol. The number of anilines is 3. The van der Waals surface area contributed by atoms with Crippen LogP contribution < -0.4 is 9.80 Å². The monoisotopic (exact) mass is 392 g/mol. The highest BCUT2D eigenvalue weighted by Crippen LogP contribution is 2.46. The van der Waals surface area contributed by atoms with Crippen LogP contribution in [0, 0.1) is 0 Å². The summed E-state index contributed by atoms with van der Waals surface area (Å²) in [6.45, 7) is 2.98. The molecule has 0 N–H and O–H groups in total. The van der Waals surface area contributed by atoms with Crippen molar-refractivity contribution in [1.82, 2.24) is 19.9 Å². The molecule has 5 heterocycles. The first-order valence-corrected chi connectivity index (χ1v) is 10.0. The number of nitrogens with zero attached hydrogens (tertiary/aromatic N) is 6. The van der Waals surface area contributed by atoms with Gasteiger partial charge in [0.25, 0.3) is 0 Å². The number of fused-ring (bicyclic) bond motifs is 4. The second kappa shape index (κ2) is 6.56. The normalized spacial score (nSPS) is 19.4. The van der Waals surface area contributed by atoms with Crippen LogP contribution in [0.25, 0.3) is 5.57 Å². The van der Waals surface area contributed by atoms with Gasteiger partial charge in [-0.05, 0) is 54.5 Å². The highest BCUT2D eigenvalue weighted by molar-refractivity contribution is 5.82. The molecule has 6 nitrogen and oxygen atoms in total. The van der Waals surface area contributed by atoms with Crippen molar-refractivity contribution in [2.45, 2.75) is 13.1 Å². The zero-order chi connectivity index (χ0) is 20.1. The van der Waals surface area contributed by atoms with Crippen LogP contribution in [0.2, 0.25) is 0 Å². The quantitative estimate of drug-likeness (QED) is 0.648. The minimum atomic E-state index is 0.0917. The van der Waals surface area contributed by atoms with Gasteiger partial charge in [-0.25, -0.2) is 9.97 Å². The Hall–Kier alpha value is -3.93. The van der Waals surface area contributed by atoms with Gasteiger partial charge in [0, 0.05) is 42.4 Å². The lowest BCUT2D eigenvalue weighted by atomic mass is 10.0. The number of benzene rings is 1. The van der Waals surface area contributed by atoms with Crippen LogP contribution in [0.3, 0.4) is 0 Å². The van der Waals surface area contributed by atoms with E-state index < -0.39 is 0 Å². The fraction of sp³-hybridized carbons (Fsp3) is 0.125. The van der Waals surface area contributed by atoms with Crippen molar-refractivity contribution in [2.75, 3.05) is 16.3 Å². The summed E-state index contributed by atoms with van der Waals surface area (Å²) in [5, 5.41) is 0. The molecule has 0 radical (unpaired) electrons. The molecule has 30 heavy (non-hydrogen) atoms.